The van der Waals surface area contributed by atoms with Crippen molar-refractivity contribution in [3.05, 3.63) is 35.5 Å². The lowest BCUT2D eigenvalue weighted by atomic mass is 9.96. The van der Waals surface area contributed by atoms with Gasteiger partial charge in [0, 0.05) is 49.5 Å². The molecule has 3 unspecified atom stereocenters. The Labute approximate surface area is 193 Å². The second-order valence-electron chi connectivity index (χ2n) is 9.12. The first-order valence-electron chi connectivity index (χ1n) is 11.7. The molecule has 33 heavy (non-hydrogen) atoms. The van der Waals surface area contributed by atoms with Gasteiger partial charge in [-0.05, 0) is 51.0 Å². The zero-order chi connectivity index (χ0) is 23.0. The van der Waals surface area contributed by atoms with E-state index >= 15 is 0 Å². The molecule has 2 bridgehead atoms. The summed E-state index contributed by atoms with van der Waals surface area (Å²) in [4.78, 5) is 24.0. The number of fused-ring (bicyclic) bond motifs is 3. The van der Waals surface area contributed by atoms with E-state index in [-0.39, 0.29) is 24.8 Å². The molecular weight excluding hydrogens is 422 g/mol. The van der Waals surface area contributed by atoms with Crippen LogP contribution < -0.4 is 15.5 Å². The molecule has 2 amide bonds. The fourth-order valence-corrected chi connectivity index (χ4v) is 4.96. The molecule has 4 heterocycles. The second kappa shape index (κ2) is 8.89. The van der Waals surface area contributed by atoms with Crippen molar-refractivity contribution < 1.29 is 19.4 Å². The number of aromatic nitrogens is 2. The van der Waals surface area contributed by atoms with E-state index in [1.807, 2.05) is 38.1 Å². The Morgan fingerprint density at radius 2 is 1.94 bits per heavy atom. The Balaban J connectivity index is 1.51. The maximum absolute atomic E-state index is 11.8. The summed E-state index contributed by atoms with van der Waals surface area (Å²) in [6.45, 7) is 6.50. The average molecular weight is 454 g/mol. The Morgan fingerprint density at radius 1 is 1.21 bits per heavy atom. The highest BCUT2D eigenvalue weighted by atomic mass is 16.5. The van der Waals surface area contributed by atoms with Crippen molar-refractivity contribution >= 4 is 17.5 Å². The van der Waals surface area contributed by atoms with E-state index in [4.69, 9.17) is 19.4 Å². The first-order valence-corrected chi connectivity index (χ1v) is 11.7. The van der Waals surface area contributed by atoms with Crippen LogP contribution >= 0.6 is 0 Å². The zero-order valence-electron chi connectivity index (χ0n) is 19.1. The number of carbonyl (C=O) groups is 1. The highest BCUT2D eigenvalue weighted by molar-refractivity contribution is 5.89. The molecule has 5 rings (SSSR count). The van der Waals surface area contributed by atoms with E-state index in [1.165, 1.54) is 0 Å². The summed E-state index contributed by atoms with van der Waals surface area (Å²) < 4.78 is 12.2. The highest BCUT2D eigenvalue weighted by Gasteiger charge is 2.42. The predicted molar refractivity (Wildman–Crippen MR) is 124 cm³/mol. The summed E-state index contributed by atoms with van der Waals surface area (Å²) in [6.07, 6.45) is 3.12. The molecule has 3 N–H and O–H groups in total. The van der Waals surface area contributed by atoms with Crippen molar-refractivity contribution in [1.29, 1.82) is 0 Å². The highest BCUT2D eigenvalue weighted by Crippen LogP contribution is 2.43. The Bertz CT molecular complexity index is 1020. The van der Waals surface area contributed by atoms with Crippen molar-refractivity contribution in [3.8, 4) is 11.4 Å². The van der Waals surface area contributed by atoms with Crippen LogP contribution in [0.15, 0.2) is 24.3 Å². The molecule has 9 heteroatoms. The fourth-order valence-electron chi connectivity index (χ4n) is 4.96. The number of benzene rings is 1. The van der Waals surface area contributed by atoms with Gasteiger partial charge in [-0.15, -0.1) is 0 Å². The Kier molecular flexibility index (Phi) is 5.94. The molecular formula is C24H31N5O4. The lowest BCUT2D eigenvalue weighted by molar-refractivity contribution is -0.0410. The van der Waals surface area contributed by atoms with Crippen molar-refractivity contribution in [2.24, 2.45) is 0 Å². The van der Waals surface area contributed by atoms with Crippen LogP contribution in [0.2, 0.25) is 0 Å². The molecule has 3 aliphatic heterocycles. The molecule has 2 fully saturated rings. The van der Waals surface area contributed by atoms with Gasteiger partial charge >= 0.3 is 6.03 Å². The number of anilines is 2. The van der Waals surface area contributed by atoms with Gasteiger partial charge in [-0.1, -0.05) is 0 Å². The summed E-state index contributed by atoms with van der Waals surface area (Å²) in [7, 11) is 0. The van der Waals surface area contributed by atoms with E-state index in [2.05, 4.69) is 15.5 Å². The van der Waals surface area contributed by atoms with Gasteiger partial charge in [-0.2, -0.15) is 0 Å². The van der Waals surface area contributed by atoms with E-state index in [0.29, 0.717) is 31.1 Å². The first kappa shape index (κ1) is 22.1. The van der Waals surface area contributed by atoms with Crippen LogP contribution in [0.3, 0.4) is 0 Å². The summed E-state index contributed by atoms with van der Waals surface area (Å²) in [5.74, 6) is 1.52. The fraction of sp³-hybridized carbons (Fsp3) is 0.542. The van der Waals surface area contributed by atoms with Crippen LogP contribution in [-0.2, 0) is 21.7 Å². The first-order chi connectivity index (χ1) is 16.0. The normalized spacial score (nSPS) is 25.7. The van der Waals surface area contributed by atoms with Gasteiger partial charge in [0.2, 0.25) is 0 Å². The number of amides is 2. The van der Waals surface area contributed by atoms with Crippen molar-refractivity contribution in [1.82, 2.24) is 15.3 Å². The number of nitrogens with zero attached hydrogens (tertiary/aromatic N) is 3. The van der Waals surface area contributed by atoms with Gasteiger partial charge in [0.15, 0.2) is 5.82 Å². The van der Waals surface area contributed by atoms with Crippen LogP contribution in [0.4, 0.5) is 16.3 Å². The lowest BCUT2D eigenvalue weighted by Crippen LogP contribution is -2.43. The molecule has 1 aromatic heterocycles. The zero-order valence-corrected chi connectivity index (χ0v) is 19.1. The van der Waals surface area contributed by atoms with Gasteiger partial charge in [0.25, 0.3) is 0 Å². The summed E-state index contributed by atoms with van der Waals surface area (Å²) >= 11 is 0. The van der Waals surface area contributed by atoms with Crippen molar-refractivity contribution in [3.63, 3.8) is 0 Å². The SMILES string of the molecule is CCNC(=O)Nc1ccc(-c2nc(N3CC4CCC(C3)O4)c3c(n2)C(C)(CCO)OC3)cc1. The van der Waals surface area contributed by atoms with E-state index in [9.17, 15) is 9.90 Å². The quantitative estimate of drug-likeness (QED) is 0.617. The third-order valence-electron chi connectivity index (χ3n) is 6.69. The molecule has 3 aliphatic rings. The number of nitrogens with one attached hydrogen (secondary N) is 2. The van der Waals surface area contributed by atoms with Crippen molar-refractivity contribution in [2.75, 3.05) is 36.5 Å². The maximum atomic E-state index is 11.8. The molecule has 0 aliphatic carbocycles. The van der Waals surface area contributed by atoms with Gasteiger partial charge in [-0.3, -0.25) is 0 Å². The summed E-state index contributed by atoms with van der Waals surface area (Å²) in [5.41, 5.74) is 2.76. The number of aliphatic hydroxyl groups is 1. The van der Waals surface area contributed by atoms with Crippen LogP contribution in [-0.4, -0.2) is 59.6 Å². The number of ether oxygens (including phenoxy) is 2. The number of carbonyl (C=O) groups excluding carboxylic acids is 1. The Morgan fingerprint density at radius 3 is 2.61 bits per heavy atom. The van der Waals surface area contributed by atoms with Crippen LogP contribution in [0.25, 0.3) is 11.4 Å². The monoisotopic (exact) mass is 453 g/mol. The lowest BCUT2D eigenvalue weighted by Gasteiger charge is -2.34. The molecule has 2 aromatic rings. The van der Waals surface area contributed by atoms with E-state index in [1.54, 1.807) is 0 Å². The average Bonchev–Trinajstić information content (AvgIpc) is 3.32. The van der Waals surface area contributed by atoms with E-state index < -0.39 is 5.60 Å². The number of morpholine rings is 1. The minimum absolute atomic E-state index is 0.0203. The van der Waals surface area contributed by atoms with Gasteiger partial charge in [0.1, 0.15) is 11.4 Å². The van der Waals surface area contributed by atoms with Crippen LogP contribution in [0.5, 0.6) is 0 Å². The molecule has 3 atom stereocenters. The number of hydrogen-bond donors (Lipinski definition) is 3. The largest absolute Gasteiger partial charge is 0.396 e. The van der Waals surface area contributed by atoms with Crippen molar-refractivity contribution in [2.45, 2.75) is 57.5 Å². The number of aliphatic hydroxyl groups excluding tert-OH is 1. The molecule has 0 saturated carbocycles. The van der Waals surface area contributed by atoms with Gasteiger partial charge < -0.3 is 30.1 Å². The molecule has 9 nitrogen and oxygen atoms in total. The minimum atomic E-state index is -0.651. The van der Waals surface area contributed by atoms with E-state index in [0.717, 1.165) is 48.6 Å². The Hall–Kier alpha value is -2.75. The second-order valence-corrected chi connectivity index (χ2v) is 9.12. The van der Waals surface area contributed by atoms with Crippen LogP contribution in [0.1, 0.15) is 44.4 Å². The van der Waals surface area contributed by atoms with Gasteiger partial charge in [0.05, 0.1) is 24.5 Å². The molecule has 176 valence electrons. The summed E-state index contributed by atoms with van der Waals surface area (Å²) in [6, 6.07) is 7.28. The molecule has 1 aromatic carbocycles. The topological polar surface area (TPSA) is 109 Å². The molecule has 0 spiro atoms. The number of rotatable bonds is 6. The van der Waals surface area contributed by atoms with Crippen LogP contribution in [0, 0.1) is 0 Å². The summed E-state index contributed by atoms with van der Waals surface area (Å²) in [5, 5.41) is 15.2. The minimum Gasteiger partial charge on any atom is -0.396 e. The molecule has 2 saturated heterocycles. The third-order valence-corrected chi connectivity index (χ3v) is 6.69. The van der Waals surface area contributed by atoms with Gasteiger partial charge in [-0.25, -0.2) is 14.8 Å². The number of urea groups is 1. The standard InChI is InChI=1S/C24H31N5O4/c1-3-25-23(31)26-16-6-4-15(5-7-16)21-27-20-19(14-32-24(20,2)10-11-30)22(28-21)29-12-17-8-9-18(13-29)33-17/h4-7,17-18,30H,3,8-14H2,1-2H3,(H2,25,26,31). The number of hydrogen-bond acceptors (Lipinski definition) is 7. The smallest absolute Gasteiger partial charge is 0.319 e. The third kappa shape index (κ3) is 4.28. The predicted octanol–water partition coefficient (Wildman–Crippen LogP) is 2.78. The molecule has 0 radical (unpaired) electrons. The maximum Gasteiger partial charge on any atom is 0.319 e.